The minimum Gasteiger partial charge on any atom is -0.350 e. The predicted octanol–water partition coefficient (Wildman–Crippen LogP) is 3.90. The molecule has 1 atom stereocenters. The topological polar surface area (TPSA) is 92.6 Å². The lowest BCUT2D eigenvalue weighted by Crippen LogP contribution is -2.54. The van der Waals surface area contributed by atoms with E-state index in [2.05, 4.69) is 5.32 Å². The molecule has 0 aliphatic carbocycles. The number of rotatable bonds is 9. The van der Waals surface area contributed by atoms with Crippen molar-refractivity contribution >= 4 is 17.5 Å². The molecule has 0 fully saturated rings. The first-order valence-corrected chi connectivity index (χ1v) is 10.5. The van der Waals surface area contributed by atoms with Crippen LogP contribution in [0, 0.1) is 10.1 Å². The van der Waals surface area contributed by atoms with Gasteiger partial charge in [-0.15, -0.1) is 0 Å². The quantitative estimate of drug-likeness (QED) is 0.487. The highest BCUT2D eigenvalue weighted by Crippen LogP contribution is 2.20. The van der Waals surface area contributed by atoms with Gasteiger partial charge in [-0.1, -0.05) is 55.5 Å². The molecule has 0 heterocycles. The fourth-order valence-electron chi connectivity index (χ4n) is 3.45. The molecular formula is C24H31N3O4. The monoisotopic (exact) mass is 425 g/mol. The highest BCUT2D eigenvalue weighted by atomic mass is 16.6. The van der Waals surface area contributed by atoms with Crippen LogP contribution in [0.2, 0.25) is 0 Å². The summed E-state index contributed by atoms with van der Waals surface area (Å²) in [6.45, 7) is 7.88. The van der Waals surface area contributed by atoms with Crippen LogP contribution in [0.1, 0.15) is 45.2 Å². The first-order chi connectivity index (χ1) is 14.6. The number of nitro benzene ring substituents is 1. The molecule has 2 amide bonds. The van der Waals surface area contributed by atoms with Crippen LogP contribution in [0.5, 0.6) is 0 Å². The van der Waals surface area contributed by atoms with E-state index in [1.54, 1.807) is 23.1 Å². The Labute approximate surface area is 183 Å². The maximum Gasteiger partial charge on any atom is 0.273 e. The van der Waals surface area contributed by atoms with Gasteiger partial charge in [-0.25, -0.2) is 0 Å². The van der Waals surface area contributed by atoms with E-state index in [0.29, 0.717) is 24.9 Å². The number of amides is 2. The van der Waals surface area contributed by atoms with Crippen LogP contribution in [-0.2, 0) is 22.4 Å². The Bertz CT molecular complexity index is 907. The van der Waals surface area contributed by atoms with Crippen LogP contribution in [0.15, 0.2) is 54.6 Å². The van der Waals surface area contributed by atoms with Gasteiger partial charge in [-0.3, -0.25) is 19.7 Å². The van der Waals surface area contributed by atoms with Crippen molar-refractivity contribution in [1.29, 1.82) is 0 Å². The van der Waals surface area contributed by atoms with Crippen molar-refractivity contribution < 1.29 is 14.5 Å². The zero-order chi connectivity index (χ0) is 23.0. The minimum absolute atomic E-state index is 0.0916. The van der Waals surface area contributed by atoms with Crippen LogP contribution in [0.4, 0.5) is 5.69 Å². The lowest BCUT2D eigenvalue weighted by Gasteiger charge is -2.33. The van der Waals surface area contributed by atoms with E-state index in [1.807, 2.05) is 58.0 Å². The fraction of sp³-hybridized carbons (Fsp3) is 0.417. The van der Waals surface area contributed by atoms with Crippen molar-refractivity contribution in [3.8, 4) is 0 Å². The van der Waals surface area contributed by atoms with Crippen molar-refractivity contribution in [2.24, 2.45) is 0 Å². The Balaban J connectivity index is 2.30. The lowest BCUT2D eigenvalue weighted by atomic mass is 10.0. The van der Waals surface area contributed by atoms with Gasteiger partial charge in [0.25, 0.3) is 5.69 Å². The van der Waals surface area contributed by atoms with E-state index < -0.39 is 16.5 Å². The molecule has 166 valence electrons. The van der Waals surface area contributed by atoms with Gasteiger partial charge in [0.05, 0.1) is 11.3 Å². The summed E-state index contributed by atoms with van der Waals surface area (Å²) in [5, 5.41) is 14.3. The van der Waals surface area contributed by atoms with Crippen molar-refractivity contribution in [3.05, 3.63) is 75.8 Å². The maximum absolute atomic E-state index is 13.3. The summed E-state index contributed by atoms with van der Waals surface area (Å²) in [5.41, 5.74) is 0.869. The molecule has 1 N–H and O–H groups in total. The number of hydrogen-bond acceptors (Lipinski definition) is 4. The van der Waals surface area contributed by atoms with Crippen molar-refractivity contribution in [1.82, 2.24) is 10.2 Å². The van der Waals surface area contributed by atoms with E-state index in [9.17, 15) is 19.7 Å². The number of carbonyl (C=O) groups excluding carboxylic acids is 2. The van der Waals surface area contributed by atoms with Gasteiger partial charge in [0.1, 0.15) is 6.04 Å². The van der Waals surface area contributed by atoms with E-state index in [0.717, 1.165) is 5.56 Å². The Morgan fingerprint density at radius 2 is 1.68 bits per heavy atom. The third kappa shape index (κ3) is 7.20. The summed E-state index contributed by atoms with van der Waals surface area (Å²) in [5.74, 6) is -0.528. The second kappa shape index (κ2) is 10.7. The molecular weight excluding hydrogens is 394 g/mol. The smallest absolute Gasteiger partial charge is 0.273 e. The zero-order valence-corrected chi connectivity index (χ0v) is 18.6. The van der Waals surface area contributed by atoms with Crippen LogP contribution in [0.3, 0.4) is 0 Å². The number of hydrogen-bond donors (Lipinski definition) is 1. The summed E-state index contributed by atoms with van der Waals surface area (Å²) < 4.78 is 0. The van der Waals surface area contributed by atoms with Gasteiger partial charge in [0.2, 0.25) is 11.8 Å². The van der Waals surface area contributed by atoms with Crippen LogP contribution in [-0.4, -0.2) is 39.8 Å². The molecule has 0 saturated heterocycles. The average molecular weight is 426 g/mol. The number of para-hydroxylation sites is 1. The SMILES string of the molecule is CCC(C(=O)NC(C)(C)C)N(CCc1ccccc1)C(=O)Cc1ccccc1[N+](=O)[O-]. The Morgan fingerprint density at radius 1 is 1.06 bits per heavy atom. The number of nitrogens with zero attached hydrogens (tertiary/aromatic N) is 2. The first-order valence-electron chi connectivity index (χ1n) is 10.5. The van der Waals surface area contributed by atoms with E-state index in [4.69, 9.17) is 0 Å². The molecule has 0 aromatic heterocycles. The van der Waals surface area contributed by atoms with E-state index in [-0.39, 0.29) is 23.9 Å². The Kier molecular flexibility index (Phi) is 8.30. The standard InChI is InChI=1S/C24H31N3O4/c1-5-20(23(29)25-24(2,3)4)26(16-15-18-11-7-6-8-12-18)22(28)17-19-13-9-10-14-21(19)27(30)31/h6-14,20H,5,15-17H2,1-4H3,(H,25,29). The number of benzene rings is 2. The summed E-state index contributed by atoms with van der Waals surface area (Å²) in [6, 6.07) is 15.3. The normalized spacial score (nSPS) is 12.1. The molecule has 2 rings (SSSR count). The average Bonchev–Trinajstić information content (AvgIpc) is 2.70. The molecule has 0 aliphatic rings. The van der Waals surface area contributed by atoms with Gasteiger partial charge in [0, 0.05) is 23.7 Å². The molecule has 1 unspecified atom stereocenters. The Morgan fingerprint density at radius 3 is 2.26 bits per heavy atom. The summed E-state index contributed by atoms with van der Waals surface area (Å²) in [6.07, 6.45) is 0.896. The molecule has 0 spiro atoms. The molecule has 0 bridgehead atoms. The fourth-order valence-corrected chi connectivity index (χ4v) is 3.45. The van der Waals surface area contributed by atoms with Crippen molar-refractivity contribution in [2.45, 2.75) is 58.5 Å². The second-order valence-corrected chi connectivity index (χ2v) is 8.55. The summed E-state index contributed by atoms with van der Waals surface area (Å²) >= 11 is 0. The molecule has 7 nitrogen and oxygen atoms in total. The molecule has 0 radical (unpaired) electrons. The number of nitro groups is 1. The molecule has 2 aromatic rings. The molecule has 2 aromatic carbocycles. The summed E-state index contributed by atoms with van der Waals surface area (Å²) in [4.78, 5) is 38.7. The Hall–Kier alpha value is -3.22. The van der Waals surface area contributed by atoms with Crippen LogP contribution in [0.25, 0.3) is 0 Å². The minimum atomic E-state index is -0.654. The lowest BCUT2D eigenvalue weighted by molar-refractivity contribution is -0.385. The largest absolute Gasteiger partial charge is 0.350 e. The molecule has 7 heteroatoms. The van der Waals surface area contributed by atoms with Gasteiger partial charge >= 0.3 is 0 Å². The number of nitrogens with one attached hydrogen (secondary N) is 1. The van der Waals surface area contributed by atoms with Gasteiger partial charge < -0.3 is 10.2 Å². The molecule has 0 aliphatic heterocycles. The number of carbonyl (C=O) groups is 2. The second-order valence-electron chi connectivity index (χ2n) is 8.55. The molecule has 31 heavy (non-hydrogen) atoms. The third-order valence-electron chi connectivity index (χ3n) is 4.90. The summed E-state index contributed by atoms with van der Waals surface area (Å²) in [7, 11) is 0. The first kappa shape index (κ1) is 24.1. The van der Waals surface area contributed by atoms with Gasteiger partial charge in [-0.05, 0) is 39.2 Å². The van der Waals surface area contributed by atoms with Gasteiger partial charge in [0.15, 0.2) is 0 Å². The zero-order valence-electron chi connectivity index (χ0n) is 18.6. The van der Waals surface area contributed by atoms with Gasteiger partial charge in [-0.2, -0.15) is 0 Å². The van der Waals surface area contributed by atoms with Crippen LogP contribution < -0.4 is 5.32 Å². The van der Waals surface area contributed by atoms with Crippen LogP contribution >= 0.6 is 0 Å². The highest BCUT2D eigenvalue weighted by Gasteiger charge is 2.31. The predicted molar refractivity (Wildman–Crippen MR) is 121 cm³/mol. The van der Waals surface area contributed by atoms with Crippen molar-refractivity contribution in [2.75, 3.05) is 6.54 Å². The molecule has 0 saturated carbocycles. The van der Waals surface area contributed by atoms with E-state index >= 15 is 0 Å². The maximum atomic E-state index is 13.3. The van der Waals surface area contributed by atoms with E-state index in [1.165, 1.54) is 6.07 Å². The van der Waals surface area contributed by atoms with Crippen molar-refractivity contribution in [3.63, 3.8) is 0 Å². The third-order valence-corrected chi connectivity index (χ3v) is 4.90. The highest BCUT2D eigenvalue weighted by molar-refractivity contribution is 5.89.